The minimum absolute atomic E-state index is 0.300. The molecule has 2 unspecified atom stereocenters. The number of carboxylic acid groups (broad SMARTS) is 1. The lowest BCUT2D eigenvalue weighted by Gasteiger charge is -2.40. The molecule has 2 atom stereocenters. The number of hydrogen-bond acceptors (Lipinski definition) is 2. The van der Waals surface area contributed by atoms with Gasteiger partial charge < -0.3 is 10.4 Å². The van der Waals surface area contributed by atoms with Gasteiger partial charge in [-0.15, -0.1) is 0 Å². The molecule has 0 amide bonds. The molecule has 0 radical (unpaired) electrons. The van der Waals surface area contributed by atoms with Crippen molar-refractivity contribution in [2.24, 2.45) is 17.3 Å². The van der Waals surface area contributed by atoms with E-state index in [4.69, 9.17) is 5.11 Å². The van der Waals surface area contributed by atoms with Crippen molar-refractivity contribution in [3.8, 4) is 0 Å². The molecular formula is C14H25NO2. The van der Waals surface area contributed by atoms with Gasteiger partial charge in [-0.05, 0) is 62.3 Å². The Morgan fingerprint density at radius 3 is 2.24 bits per heavy atom. The standard InChI is InChI=1S/C14H25NO2/c1-14(2)7-5-10(6-8-14)11-3-4-12(13(16)17)15-9-11/h10-12,15H,3-9H2,1-2H3,(H,16,17). The van der Waals surface area contributed by atoms with Crippen molar-refractivity contribution in [3.63, 3.8) is 0 Å². The zero-order chi connectivity index (χ0) is 12.5. The van der Waals surface area contributed by atoms with E-state index in [0.717, 1.165) is 25.3 Å². The summed E-state index contributed by atoms with van der Waals surface area (Å²) < 4.78 is 0. The fourth-order valence-electron chi connectivity index (χ4n) is 3.38. The molecular weight excluding hydrogens is 214 g/mol. The largest absolute Gasteiger partial charge is 0.480 e. The SMILES string of the molecule is CC1(C)CCC(C2CCC(C(=O)O)NC2)CC1. The number of carbonyl (C=O) groups is 1. The third-order valence-corrected chi connectivity index (χ3v) is 4.80. The third kappa shape index (κ3) is 3.21. The zero-order valence-electron chi connectivity index (χ0n) is 11.0. The monoisotopic (exact) mass is 239 g/mol. The lowest BCUT2D eigenvalue weighted by molar-refractivity contribution is -0.140. The first-order valence-electron chi connectivity index (χ1n) is 6.94. The van der Waals surface area contributed by atoms with Crippen LogP contribution in [0.25, 0.3) is 0 Å². The van der Waals surface area contributed by atoms with Gasteiger partial charge in [-0.1, -0.05) is 13.8 Å². The summed E-state index contributed by atoms with van der Waals surface area (Å²) in [5.74, 6) is 0.847. The normalized spacial score (nSPS) is 34.5. The maximum Gasteiger partial charge on any atom is 0.320 e. The molecule has 2 N–H and O–H groups in total. The summed E-state index contributed by atoms with van der Waals surface area (Å²) in [4.78, 5) is 10.9. The van der Waals surface area contributed by atoms with E-state index in [-0.39, 0.29) is 6.04 Å². The fourth-order valence-corrected chi connectivity index (χ4v) is 3.38. The van der Waals surface area contributed by atoms with Crippen molar-refractivity contribution in [2.75, 3.05) is 6.54 Å². The van der Waals surface area contributed by atoms with Crippen molar-refractivity contribution in [1.29, 1.82) is 0 Å². The second kappa shape index (κ2) is 4.97. The molecule has 17 heavy (non-hydrogen) atoms. The maximum absolute atomic E-state index is 10.9. The Labute approximate surface area is 104 Å². The van der Waals surface area contributed by atoms with Gasteiger partial charge in [0, 0.05) is 0 Å². The number of hydrogen-bond donors (Lipinski definition) is 2. The summed E-state index contributed by atoms with van der Waals surface area (Å²) in [6.07, 6.45) is 7.22. The molecule has 0 spiro atoms. The van der Waals surface area contributed by atoms with Gasteiger partial charge in [0.05, 0.1) is 0 Å². The molecule has 2 fully saturated rings. The topological polar surface area (TPSA) is 49.3 Å². The van der Waals surface area contributed by atoms with E-state index >= 15 is 0 Å². The number of nitrogens with one attached hydrogen (secondary N) is 1. The molecule has 1 aliphatic heterocycles. The first-order chi connectivity index (χ1) is 7.98. The van der Waals surface area contributed by atoms with Crippen molar-refractivity contribution in [2.45, 2.75) is 58.4 Å². The van der Waals surface area contributed by atoms with Gasteiger partial charge in [0.15, 0.2) is 0 Å². The molecule has 3 heteroatoms. The summed E-state index contributed by atoms with van der Waals surface area (Å²) in [6, 6.07) is -0.300. The summed E-state index contributed by atoms with van der Waals surface area (Å²) >= 11 is 0. The van der Waals surface area contributed by atoms with Crippen LogP contribution in [0.3, 0.4) is 0 Å². The number of carboxylic acids is 1. The first kappa shape index (κ1) is 12.9. The first-order valence-corrected chi connectivity index (χ1v) is 6.94. The summed E-state index contributed by atoms with van der Waals surface area (Å²) in [5, 5.41) is 12.1. The average molecular weight is 239 g/mol. The molecule has 0 aromatic rings. The minimum Gasteiger partial charge on any atom is -0.480 e. The van der Waals surface area contributed by atoms with Crippen LogP contribution in [0.15, 0.2) is 0 Å². The molecule has 1 saturated carbocycles. The van der Waals surface area contributed by atoms with Crippen LogP contribution in [0.2, 0.25) is 0 Å². The van der Waals surface area contributed by atoms with Crippen LogP contribution < -0.4 is 5.32 Å². The predicted octanol–water partition coefficient (Wildman–Crippen LogP) is 2.66. The van der Waals surface area contributed by atoms with Crippen molar-refractivity contribution in [1.82, 2.24) is 5.32 Å². The lowest BCUT2D eigenvalue weighted by atomic mass is 9.68. The molecule has 2 aliphatic rings. The Morgan fingerprint density at radius 2 is 1.76 bits per heavy atom. The maximum atomic E-state index is 10.9. The van der Waals surface area contributed by atoms with Crippen molar-refractivity contribution >= 4 is 5.97 Å². The molecule has 0 aromatic carbocycles. The second-order valence-electron chi connectivity index (χ2n) is 6.64. The number of aliphatic carboxylic acids is 1. The van der Waals surface area contributed by atoms with Crippen LogP contribution >= 0.6 is 0 Å². The van der Waals surface area contributed by atoms with Gasteiger partial charge in [0.2, 0.25) is 0 Å². The molecule has 1 heterocycles. The fraction of sp³-hybridized carbons (Fsp3) is 0.929. The Bertz CT molecular complexity index is 270. The van der Waals surface area contributed by atoms with Gasteiger partial charge in [0.25, 0.3) is 0 Å². The lowest BCUT2D eigenvalue weighted by Crippen LogP contribution is -2.46. The van der Waals surface area contributed by atoms with E-state index in [9.17, 15) is 4.79 Å². The summed E-state index contributed by atoms with van der Waals surface area (Å²) in [5.41, 5.74) is 0.530. The summed E-state index contributed by atoms with van der Waals surface area (Å²) in [7, 11) is 0. The van der Waals surface area contributed by atoms with E-state index in [0.29, 0.717) is 11.3 Å². The smallest absolute Gasteiger partial charge is 0.320 e. The molecule has 0 bridgehead atoms. The third-order valence-electron chi connectivity index (χ3n) is 4.80. The van der Waals surface area contributed by atoms with E-state index in [1.54, 1.807) is 0 Å². The molecule has 3 nitrogen and oxygen atoms in total. The average Bonchev–Trinajstić information content (AvgIpc) is 2.29. The van der Waals surface area contributed by atoms with Crippen LogP contribution in [-0.2, 0) is 4.79 Å². The van der Waals surface area contributed by atoms with Gasteiger partial charge in [-0.3, -0.25) is 4.79 Å². The molecule has 2 rings (SSSR count). The van der Waals surface area contributed by atoms with Crippen LogP contribution in [0, 0.1) is 17.3 Å². The highest BCUT2D eigenvalue weighted by atomic mass is 16.4. The minimum atomic E-state index is -0.687. The zero-order valence-corrected chi connectivity index (χ0v) is 11.0. The highest BCUT2D eigenvalue weighted by Gasteiger charge is 2.34. The van der Waals surface area contributed by atoms with Gasteiger partial charge in [-0.2, -0.15) is 0 Å². The highest BCUT2D eigenvalue weighted by molar-refractivity contribution is 5.73. The van der Waals surface area contributed by atoms with E-state index in [2.05, 4.69) is 19.2 Å². The number of rotatable bonds is 2. The Morgan fingerprint density at radius 1 is 1.12 bits per heavy atom. The van der Waals surface area contributed by atoms with Crippen molar-refractivity contribution in [3.05, 3.63) is 0 Å². The van der Waals surface area contributed by atoms with Gasteiger partial charge in [0.1, 0.15) is 6.04 Å². The molecule has 0 aromatic heterocycles. The van der Waals surface area contributed by atoms with E-state index in [1.807, 2.05) is 0 Å². The Kier molecular flexibility index (Phi) is 3.76. The van der Waals surface area contributed by atoms with E-state index < -0.39 is 5.97 Å². The predicted molar refractivity (Wildman–Crippen MR) is 67.9 cm³/mol. The van der Waals surface area contributed by atoms with Crippen LogP contribution in [0.1, 0.15) is 52.4 Å². The Balaban J connectivity index is 1.80. The van der Waals surface area contributed by atoms with Gasteiger partial charge >= 0.3 is 5.97 Å². The molecule has 98 valence electrons. The second-order valence-corrected chi connectivity index (χ2v) is 6.64. The Hall–Kier alpha value is -0.570. The highest BCUT2D eigenvalue weighted by Crippen LogP contribution is 2.42. The van der Waals surface area contributed by atoms with Crippen LogP contribution in [0.5, 0.6) is 0 Å². The summed E-state index contributed by atoms with van der Waals surface area (Å²) in [6.45, 7) is 5.63. The molecule has 1 aliphatic carbocycles. The van der Waals surface area contributed by atoms with Crippen LogP contribution in [-0.4, -0.2) is 23.7 Å². The van der Waals surface area contributed by atoms with Crippen molar-refractivity contribution < 1.29 is 9.90 Å². The van der Waals surface area contributed by atoms with Crippen LogP contribution in [0.4, 0.5) is 0 Å². The van der Waals surface area contributed by atoms with Gasteiger partial charge in [-0.25, -0.2) is 0 Å². The quantitative estimate of drug-likeness (QED) is 0.779. The number of piperidine rings is 1. The molecule has 1 saturated heterocycles. The van der Waals surface area contributed by atoms with E-state index in [1.165, 1.54) is 25.7 Å².